The highest BCUT2D eigenvalue weighted by atomic mass is 32.1. The van der Waals surface area contributed by atoms with Crippen LogP contribution in [0.3, 0.4) is 0 Å². The number of aryl methyl sites for hydroxylation is 2. The summed E-state index contributed by atoms with van der Waals surface area (Å²) in [5.41, 5.74) is 1.33. The minimum Gasteiger partial charge on any atom is -0.365 e. The van der Waals surface area contributed by atoms with E-state index in [9.17, 15) is 0 Å². The molecule has 0 aliphatic carbocycles. The number of aromatic nitrogens is 2. The van der Waals surface area contributed by atoms with Crippen LogP contribution < -0.4 is 5.32 Å². The number of rotatable bonds is 3. The lowest BCUT2D eigenvalue weighted by Crippen LogP contribution is -2.02. The standard InChI is InChI=1S/C11H13N3S/c1-8-4-6-15-10(8)7-13-11-3-5-12-9(2)14-11/h3-6H,7H2,1-2H3,(H,12,13,14). The van der Waals surface area contributed by atoms with Gasteiger partial charge in [-0.25, -0.2) is 9.97 Å². The van der Waals surface area contributed by atoms with Crippen LogP contribution in [-0.4, -0.2) is 9.97 Å². The van der Waals surface area contributed by atoms with Crippen LogP contribution in [0.2, 0.25) is 0 Å². The molecule has 3 nitrogen and oxygen atoms in total. The van der Waals surface area contributed by atoms with E-state index in [4.69, 9.17) is 0 Å². The second kappa shape index (κ2) is 4.40. The molecule has 2 aromatic rings. The van der Waals surface area contributed by atoms with Crippen molar-refractivity contribution in [1.29, 1.82) is 0 Å². The van der Waals surface area contributed by atoms with Crippen LogP contribution in [0, 0.1) is 13.8 Å². The predicted octanol–water partition coefficient (Wildman–Crippen LogP) is 2.77. The Labute approximate surface area is 93.2 Å². The van der Waals surface area contributed by atoms with Crippen molar-refractivity contribution in [2.75, 3.05) is 5.32 Å². The van der Waals surface area contributed by atoms with E-state index in [-0.39, 0.29) is 0 Å². The minimum absolute atomic E-state index is 0.794. The summed E-state index contributed by atoms with van der Waals surface area (Å²) < 4.78 is 0. The molecule has 0 spiro atoms. The molecule has 0 amide bonds. The zero-order valence-corrected chi connectivity index (χ0v) is 9.64. The number of thiophene rings is 1. The van der Waals surface area contributed by atoms with Gasteiger partial charge in [0.2, 0.25) is 0 Å². The maximum atomic E-state index is 4.28. The van der Waals surface area contributed by atoms with Crippen molar-refractivity contribution in [2.24, 2.45) is 0 Å². The molecule has 78 valence electrons. The van der Waals surface area contributed by atoms with Gasteiger partial charge in [0, 0.05) is 11.1 Å². The molecule has 0 saturated heterocycles. The molecule has 0 aliphatic rings. The SMILES string of the molecule is Cc1nccc(NCc2sccc2C)n1. The highest BCUT2D eigenvalue weighted by Gasteiger charge is 2.00. The molecule has 0 atom stereocenters. The molecule has 0 fully saturated rings. The van der Waals surface area contributed by atoms with Crippen LogP contribution in [-0.2, 0) is 6.54 Å². The van der Waals surface area contributed by atoms with Crippen LogP contribution in [0.15, 0.2) is 23.7 Å². The number of nitrogens with one attached hydrogen (secondary N) is 1. The van der Waals surface area contributed by atoms with E-state index in [0.29, 0.717) is 0 Å². The van der Waals surface area contributed by atoms with Gasteiger partial charge in [-0.05, 0) is 36.9 Å². The quantitative estimate of drug-likeness (QED) is 0.862. The van der Waals surface area contributed by atoms with Crippen LogP contribution in [0.25, 0.3) is 0 Å². The van der Waals surface area contributed by atoms with Gasteiger partial charge in [0.1, 0.15) is 11.6 Å². The third kappa shape index (κ3) is 2.53. The molecule has 0 unspecified atom stereocenters. The Kier molecular flexibility index (Phi) is 2.97. The normalized spacial score (nSPS) is 10.3. The van der Waals surface area contributed by atoms with Gasteiger partial charge in [-0.1, -0.05) is 0 Å². The molecule has 15 heavy (non-hydrogen) atoms. The van der Waals surface area contributed by atoms with Crippen molar-refractivity contribution in [1.82, 2.24) is 9.97 Å². The van der Waals surface area contributed by atoms with Crippen molar-refractivity contribution < 1.29 is 0 Å². The summed E-state index contributed by atoms with van der Waals surface area (Å²) in [5, 5.41) is 5.40. The molecule has 0 aromatic carbocycles. The summed E-state index contributed by atoms with van der Waals surface area (Å²) in [5.74, 6) is 1.68. The average Bonchev–Trinajstić information content (AvgIpc) is 2.61. The molecule has 2 heterocycles. The first-order chi connectivity index (χ1) is 7.25. The Morgan fingerprint density at radius 2 is 2.20 bits per heavy atom. The van der Waals surface area contributed by atoms with E-state index < -0.39 is 0 Å². The van der Waals surface area contributed by atoms with Crippen LogP contribution in [0.1, 0.15) is 16.3 Å². The van der Waals surface area contributed by atoms with E-state index in [2.05, 4.69) is 33.7 Å². The smallest absolute Gasteiger partial charge is 0.129 e. The lowest BCUT2D eigenvalue weighted by molar-refractivity contribution is 1.03. The Morgan fingerprint density at radius 3 is 2.87 bits per heavy atom. The molecule has 4 heteroatoms. The Morgan fingerprint density at radius 1 is 1.33 bits per heavy atom. The van der Waals surface area contributed by atoms with Gasteiger partial charge in [-0.3, -0.25) is 0 Å². The average molecular weight is 219 g/mol. The van der Waals surface area contributed by atoms with Gasteiger partial charge >= 0.3 is 0 Å². The zero-order chi connectivity index (χ0) is 10.7. The Bertz CT molecular complexity index is 451. The van der Waals surface area contributed by atoms with Crippen molar-refractivity contribution >= 4 is 17.2 Å². The zero-order valence-electron chi connectivity index (χ0n) is 8.82. The molecule has 1 N–H and O–H groups in total. The van der Waals surface area contributed by atoms with Gasteiger partial charge < -0.3 is 5.32 Å². The first kappa shape index (κ1) is 10.1. The molecule has 0 bridgehead atoms. The van der Waals surface area contributed by atoms with Crippen molar-refractivity contribution in [3.8, 4) is 0 Å². The molecule has 0 aliphatic heterocycles. The largest absolute Gasteiger partial charge is 0.365 e. The first-order valence-corrected chi connectivity index (χ1v) is 5.70. The summed E-state index contributed by atoms with van der Waals surface area (Å²) in [4.78, 5) is 9.69. The minimum atomic E-state index is 0.794. The summed E-state index contributed by atoms with van der Waals surface area (Å²) in [6.07, 6.45) is 1.77. The van der Waals surface area contributed by atoms with Gasteiger partial charge in [-0.15, -0.1) is 11.3 Å². The van der Waals surface area contributed by atoms with Crippen LogP contribution in [0.5, 0.6) is 0 Å². The fourth-order valence-electron chi connectivity index (χ4n) is 1.31. The van der Waals surface area contributed by atoms with E-state index in [1.165, 1.54) is 10.4 Å². The van der Waals surface area contributed by atoms with Gasteiger partial charge in [0.25, 0.3) is 0 Å². The van der Waals surface area contributed by atoms with Gasteiger partial charge in [0.05, 0.1) is 6.54 Å². The van der Waals surface area contributed by atoms with Crippen LogP contribution >= 0.6 is 11.3 Å². The van der Waals surface area contributed by atoms with Gasteiger partial charge in [0.15, 0.2) is 0 Å². The summed E-state index contributed by atoms with van der Waals surface area (Å²) >= 11 is 1.77. The molecule has 2 aromatic heterocycles. The van der Waals surface area contributed by atoms with Crippen LogP contribution in [0.4, 0.5) is 5.82 Å². The number of hydrogen-bond donors (Lipinski definition) is 1. The van der Waals surface area contributed by atoms with E-state index >= 15 is 0 Å². The second-order valence-electron chi connectivity index (χ2n) is 3.37. The third-order valence-corrected chi connectivity index (χ3v) is 3.20. The van der Waals surface area contributed by atoms with Crippen molar-refractivity contribution in [3.63, 3.8) is 0 Å². The maximum absolute atomic E-state index is 4.28. The topological polar surface area (TPSA) is 37.8 Å². The molecule has 0 radical (unpaired) electrons. The highest BCUT2D eigenvalue weighted by Crippen LogP contribution is 2.16. The number of anilines is 1. The fraction of sp³-hybridized carbons (Fsp3) is 0.273. The molecular weight excluding hydrogens is 206 g/mol. The predicted molar refractivity (Wildman–Crippen MR) is 63.2 cm³/mol. The summed E-state index contributed by atoms with van der Waals surface area (Å²) in [6.45, 7) is 4.85. The third-order valence-electron chi connectivity index (χ3n) is 2.17. The van der Waals surface area contributed by atoms with Crippen molar-refractivity contribution in [2.45, 2.75) is 20.4 Å². The highest BCUT2D eigenvalue weighted by molar-refractivity contribution is 7.10. The van der Waals surface area contributed by atoms with E-state index in [1.54, 1.807) is 17.5 Å². The summed E-state index contributed by atoms with van der Waals surface area (Å²) in [7, 11) is 0. The Balaban J connectivity index is 2.02. The first-order valence-electron chi connectivity index (χ1n) is 4.82. The van der Waals surface area contributed by atoms with Gasteiger partial charge in [-0.2, -0.15) is 0 Å². The lowest BCUT2D eigenvalue weighted by Gasteiger charge is -2.04. The molecule has 2 rings (SSSR count). The monoisotopic (exact) mass is 219 g/mol. The lowest BCUT2D eigenvalue weighted by atomic mass is 10.3. The Hall–Kier alpha value is -1.42. The summed E-state index contributed by atoms with van der Waals surface area (Å²) in [6, 6.07) is 4.02. The van der Waals surface area contributed by atoms with E-state index in [0.717, 1.165) is 18.2 Å². The fourth-order valence-corrected chi connectivity index (χ4v) is 2.16. The maximum Gasteiger partial charge on any atom is 0.129 e. The second-order valence-corrected chi connectivity index (χ2v) is 4.37. The molecule has 0 saturated carbocycles. The number of nitrogens with zero attached hydrogens (tertiary/aromatic N) is 2. The van der Waals surface area contributed by atoms with E-state index in [1.807, 2.05) is 13.0 Å². The van der Waals surface area contributed by atoms with Crippen molar-refractivity contribution in [3.05, 3.63) is 40.0 Å². The molecular formula is C11H13N3S. The number of hydrogen-bond acceptors (Lipinski definition) is 4.